The largest absolute Gasteiger partial charge is 0.395 e. The highest BCUT2D eigenvalue weighted by Gasteiger charge is 2.44. The molecule has 2 saturated heterocycles. The van der Waals surface area contributed by atoms with Gasteiger partial charge in [0.1, 0.15) is 11.5 Å². The summed E-state index contributed by atoms with van der Waals surface area (Å²) in [4.78, 5) is 26.4. The van der Waals surface area contributed by atoms with Crippen LogP contribution in [0.5, 0.6) is 0 Å². The summed E-state index contributed by atoms with van der Waals surface area (Å²) in [6.45, 7) is 1.17. The molecule has 0 atom stereocenters. The lowest BCUT2D eigenvalue weighted by atomic mass is 9.93. The Bertz CT molecular complexity index is 1540. The first kappa shape index (κ1) is 26.9. The van der Waals surface area contributed by atoms with Crippen LogP contribution in [-0.2, 0) is 9.84 Å². The Morgan fingerprint density at radius 2 is 1.70 bits per heavy atom. The molecule has 214 valence electrons. The molecule has 1 aromatic carbocycles. The number of nitrogens with one attached hydrogen (secondary N) is 1. The van der Waals surface area contributed by atoms with Gasteiger partial charge in [-0.2, -0.15) is 4.98 Å². The minimum Gasteiger partial charge on any atom is -0.395 e. The minimum absolute atomic E-state index is 0.0564. The Morgan fingerprint density at radius 3 is 2.38 bits per heavy atom. The number of carbonyl (C=O) groups is 1. The first-order chi connectivity index (χ1) is 19.1. The van der Waals surface area contributed by atoms with Crippen LogP contribution in [0.15, 0.2) is 41.6 Å². The summed E-state index contributed by atoms with van der Waals surface area (Å²) < 4.78 is 54.7. The van der Waals surface area contributed by atoms with Crippen LogP contribution in [0.2, 0.25) is 0 Å². The molecule has 3 aromatic rings. The summed E-state index contributed by atoms with van der Waals surface area (Å²) in [7, 11) is -3.72. The second-order valence-electron chi connectivity index (χ2n) is 11.1. The van der Waals surface area contributed by atoms with Crippen LogP contribution in [0.1, 0.15) is 48.9 Å². The summed E-state index contributed by atoms with van der Waals surface area (Å²) in [5, 5.41) is 12.1. The number of anilines is 3. The number of fused-ring (bicyclic) bond motifs is 1. The molecule has 13 heteroatoms. The number of nitrogens with zero attached hydrogens (tertiary/aromatic N) is 5. The molecule has 0 bridgehead atoms. The van der Waals surface area contributed by atoms with Crippen molar-refractivity contribution < 1.29 is 27.1 Å². The summed E-state index contributed by atoms with van der Waals surface area (Å²) in [6.07, 6.45) is 7.09. The normalized spacial score (nSPS) is 20.2. The van der Waals surface area contributed by atoms with Crippen LogP contribution in [0.3, 0.4) is 0 Å². The van der Waals surface area contributed by atoms with Gasteiger partial charge in [0.2, 0.25) is 5.95 Å². The smallest absolute Gasteiger partial charge is 0.258 e. The third-order valence-electron chi connectivity index (χ3n) is 8.45. The van der Waals surface area contributed by atoms with Crippen LogP contribution in [0.4, 0.5) is 26.2 Å². The number of hydrogen-bond acceptors (Lipinski definition) is 8. The standard InChI is InChI=1S/C27H32F2N6O4S/c28-27(29)7-12-34(13-8-27)25-32-22(18-23-30-9-14-35(23)25)31-24(37)20-2-1-19(40(38,39)16-15-36)17-21(20)33-10-5-26(3-4-26)6-11-33/h1-2,9,14,17-18,36H,3-8,10-13,15-16H2,(H,31,37). The van der Waals surface area contributed by atoms with E-state index in [0.29, 0.717) is 41.4 Å². The number of sulfone groups is 1. The molecule has 0 radical (unpaired) electrons. The molecule has 6 rings (SSSR count). The number of rotatable bonds is 7. The van der Waals surface area contributed by atoms with Gasteiger partial charge in [0.25, 0.3) is 11.8 Å². The van der Waals surface area contributed by atoms with E-state index in [2.05, 4.69) is 20.2 Å². The molecule has 0 unspecified atom stereocenters. The number of piperidine rings is 2. The lowest BCUT2D eigenvalue weighted by molar-refractivity contribution is -0.0222. The van der Waals surface area contributed by atoms with Crippen LogP contribution >= 0.6 is 0 Å². The van der Waals surface area contributed by atoms with E-state index in [1.54, 1.807) is 27.8 Å². The fourth-order valence-corrected chi connectivity index (χ4v) is 6.75. The molecule has 2 N–H and O–H groups in total. The van der Waals surface area contributed by atoms with E-state index < -0.39 is 34.0 Å². The van der Waals surface area contributed by atoms with Crippen molar-refractivity contribution in [2.45, 2.75) is 49.3 Å². The van der Waals surface area contributed by atoms with Crippen molar-refractivity contribution in [2.75, 3.05) is 53.7 Å². The average Bonchev–Trinajstić information content (AvgIpc) is 3.50. The molecule has 1 aliphatic carbocycles. The van der Waals surface area contributed by atoms with Crippen LogP contribution in [0, 0.1) is 5.41 Å². The second-order valence-corrected chi connectivity index (χ2v) is 13.2. The number of halogens is 2. The molecule has 1 saturated carbocycles. The summed E-state index contributed by atoms with van der Waals surface area (Å²) in [6, 6.07) is 6.02. The molecule has 1 amide bonds. The highest BCUT2D eigenvalue weighted by molar-refractivity contribution is 7.91. The van der Waals surface area contributed by atoms with Gasteiger partial charge in [-0.25, -0.2) is 22.2 Å². The lowest BCUT2D eigenvalue weighted by Crippen LogP contribution is -2.40. The van der Waals surface area contributed by atoms with E-state index in [9.17, 15) is 27.1 Å². The van der Waals surface area contributed by atoms with Crippen molar-refractivity contribution in [3.05, 3.63) is 42.2 Å². The van der Waals surface area contributed by atoms with Crippen molar-refractivity contribution >= 4 is 38.8 Å². The second kappa shape index (κ2) is 9.95. The van der Waals surface area contributed by atoms with E-state index in [0.717, 1.165) is 12.8 Å². The van der Waals surface area contributed by atoms with E-state index in [4.69, 9.17) is 0 Å². The topological polar surface area (TPSA) is 120 Å². The number of aromatic nitrogens is 3. The number of alkyl halides is 2. The highest BCUT2D eigenvalue weighted by Crippen LogP contribution is 2.54. The molecule has 3 fully saturated rings. The predicted molar refractivity (Wildman–Crippen MR) is 146 cm³/mol. The zero-order chi connectivity index (χ0) is 28.1. The molecule has 4 heterocycles. The maximum atomic E-state index is 13.8. The zero-order valence-electron chi connectivity index (χ0n) is 22.0. The quantitative estimate of drug-likeness (QED) is 0.441. The van der Waals surface area contributed by atoms with E-state index >= 15 is 0 Å². The Labute approximate surface area is 230 Å². The number of hydrogen-bond donors (Lipinski definition) is 2. The third kappa shape index (κ3) is 5.24. The summed E-state index contributed by atoms with van der Waals surface area (Å²) in [5.41, 5.74) is 1.72. The van der Waals surface area contributed by atoms with Gasteiger partial charge in [0, 0.05) is 57.5 Å². The summed E-state index contributed by atoms with van der Waals surface area (Å²) in [5.74, 6) is -2.95. The number of carbonyl (C=O) groups excluding carboxylic acids is 1. The fourth-order valence-electron chi connectivity index (χ4n) is 5.71. The van der Waals surface area contributed by atoms with Gasteiger partial charge in [-0.05, 0) is 49.3 Å². The summed E-state index contributed by atoms with van der Waals surface area (Å²) >= 11 is 0. The van der Waals surface area contributed by atoms with Crippen LogP contribution in [0.25, 0.3) is 5.65 Å². The Balaban J connectivity index is 1.31. The van der Waals surface area contributed by atoms with Crippen molar-refractivity contribution in [3.63, 3.8) is 0 Å². The van der Waals surface area contributed by atoms with Gasteiger partial charge in [-0.1, -0.05) is 0 Å². The monoisotopic (exact) mass is 574 g/mol. The third-order valence-corrected chi connectivity index (χ3v) is 10.1. The number of aliphatic hydroxyl groups excluding tert-OH is 1. The lowest BCUT2D eigenvalue weighted by Gasteiger charge is -2.35. The number of amides is 1. The Hall–Kier alpha value is -3.32. The van der Waals surface area contributed by atoms with Crippen LogP contribution < -0.4 is 15.1 Å². The molecule has 10 nitrogen and oxygen atoms in total. The minimum atomic E-state index is -3.72. The Kier molecular flexibility index (Phi) is 6.68. The van der Waals surface area contributed by atoms with Gasteiger partial charge in [0.05, 0.1) is 28.5 Å². The van der Waals surface area contributed by atoms with Crippen molar-refractivity contribution in [3.8, 4) is 0 Å². The van der Waals surface area contributed by atoms with E-state index in [1.165, 1.54) is 31.0 Å². The number of aliphatic hydroxyl groups is 1. The Morgan fingerprint density at radius 1 is 1.00 bits per heavy atom. The zero-order valence-corrected chi connectivity index (χ0v) is 22.8. The molecular weight excluding hydrogens is 542 g/mol. The SMILES string of the molecule is O=C(Nc1cc2nccn2c(N2CCC(F)(F)CC2)n1)c1ccc(S(=O)(=O)CCO)cc1N1CCC2(CC1)CC2. The van der Waals surface area contributed by atoms with Gasteiger partial charge < -0.3 is 20.2 Å². The van der Waals surface area contributed by atoms with Crippen molar-refractivity contribution in [1.29, 1.82) is 0 Å². The van der Waals surface area contributed by atoms with Gasteiger partial charge in [-0.15, -0.1) is 0 Å². The van der Waals surface area contributed by atoms with E-state index in [-0.39, 0.29) is 36.6 Å². The molecule has 40 heavy (non-hydrogen) atoms. The number of benzene rings is 1. The fraction of sp³-hybridized carbons (Fsp3) is 0.519. The highest BCUT2D eigenvalue weighted by atomic mass is 32.2. The maximum absolute atomic E-state index is 13.8. The first-order valence-corrected chi connectivity index (χ1v) is 15.2. The van der Waals surface area contributed by atoms with Crippen molar-refractivity contribution in [1.82, 2.24) is 14.4 Å². The van der Waals surface area contributed by atoms with Gasteiger partial charge in [0.15, 0.2) is 9.84 Å². The average molecular weight is 575 g/mol. The molecule has 2 aliphatic heterocycles. The molecule has 1 spiro atoms. The molecular formula is C27H32F2N6O4S. The predicted octanol–water partition coefficient (Wildman–Crippen LogP) is 3.36. The first-order valence-electron chi connectivity index (χ1n) is 13.6. The van der Waals surface area contributed by atoms with Gasteiger partial charge >= 0.3 is 0 Å². The van der Waals surface area contributed by atoms with E-state index in [1.807, 2.05) is 0 Å². The maximum Gasteiger partial charge on any atom is 0.258 e. The molecule has 3 aliphatic rings. The van der Waals surface area contributed by atoms with Crippen LogP contribution in [-0.4, -0.2) is 78.3 Å². The molecule has 2 aromatic heterocycles. The van der Waals surface area contributed by atoms with Gasteiger partial charge in [-0.3, -0.25) is 9.20 Å². The van der Waals surface area contributed by atoms with Crippen molar-refractivity contribution in [2.24, 2.45) is 5.41 Å². The number of imidazole rings is 1.